The van der Waals surface area contributed by atoms with Crippen molar-refractivity contribution in [3.8, 4) is 0 Å². The van der Waals surface area contributed by atoms with Gasteiger partial charge in [0.25, 0.3) is 0 Å². The Kier molecular flexibility index (Phi) is 5.77. The lowest BCUT2D eigenvalue weighted by molar-refractivity contribution is 0.115. The normalized spacial score (nSPS) is 15.7. The third kappa shape index (κ3) is 5.30. The molecule has 1 aliphatic carbocycles. The molecule has 1 atom stereocenters. The average molecular weight is 308 g/mol. The summed E-state index contributed by atoms with van der Waals surface area (Å²) in [7, 11) is 0. The lowest BCUT2D eigenvalue weighted by Crippen LogP contribution is -2.44. The van der Waals surface area contributed by atoms with E-state index in [1.807, 2.05) is 13.8 Å². The smallest absolute Gasteiger partial charge is 0.317 e. The van der Waals surface area contributed by atoms with Gasteiger partial charge < -0.3 is 15.3 Å². The maximum Gasteiger partial charge on any atom is 0.317 e. The van der Waals surface area contributed by atoms with Gasteiger partial charge in [-0.3, -0.25) is 0 Å². The van der Waals surface area contributed by atoms with Gasteiger partial charge in [-0.15, -0.1) is 0 Å². The molecule has 1 aromatic rings. The van der Waals surface area contributed by atoms with Gasteiger partial charge >= 0.3 is 6.03 Å². The number of halogens is 1. The van der Waals surface area contributed by atoms with Gasteiger partial charge in [0.05, 0.1) is 12.6 Å². The molecular formula is C17H25FN2O2. The Hall–Kier alpha value is -1.62. The lowest BCUT2D eigenvalue weighted by Gasteiger charge is -2.27. The number of aliphatic hydroxyl groups is 1. The van der Waals surface area contributed by atoms with E-state index in [0.29, 0.717) is 30.5 Å². The van der Waals surface area contributed by atoms with Gasteiger partial charge in [-0.05, 0) is 42.4 Å². The Balaban J connectivity index is 1.94. The van der Waals surface area contributed by atoms with Crippen LogP contribution in [0.3, 0.4) is 0 Å². The molecule has 22 heavy (non-hydrogen) atoms. The van der Waals surface area contributed by atoms with Gasteiger partial charge in [-0.25, -0.2) is 9.18 Å². The lowest BCUT2D eigenvalue weighted by atomic mass is 10.1. The van der Waals surface area contributed by atoms with Gasteiger partial charge in [0.1, 0.15) is 5.82 Å². The molecule has 1 unspecified atom stereocenters. The molecule has 0 radical (unpaired) electrons. The van der Waals surface area contributed by atoms with Gasteiger partial charge in [0.2, 0.25) is 0 Å². The summed E-state index contributed by atoms with van der Waals surface area (Å²) in [5.74, 6) is 0.594. The molecule has 0 saturated heterocycles. The third-order valence-electron chi connectivity index (χ3n) is 3.76. The largest absolute Gasteiger partial charge is 0.387 e. The highest BCUT2D eigenvalue weighted by Crippen LogP contribution is 2.27. The summed E-state index contributed by atoms with van der Waals surface area (Å²) >= 11 is 0. The zero-order chi connectivity index (χ0) is 16.1. The van der Waals surface area contributed by atoms with Crippen molar-refractivity contribution in [2.24, 2.45) is 11.8 Å². The number of hydrogen-bond acceptors (Lipinski definition) is 2. The van der Waals surface area contributed by atoms with Crippen LogP contribution in [-0.4, -0.2) is 35.7 Å². The number of nitrogens with one attached hydrogen (secondary N) is 1. The van der Waals surface area contributed by atoms with Crippen LogP contribution in [0, 0.1) is 17.7 Å². The molecule has 122 valence electrons. The number of amides is 2. The molecule has 1 aromatic carbocycles. The van der Waals surface area contributed by atoms with E-state index in [0.717, 1.165) is 0 Å². The summed E-state index contributed by atoms with van der Waals surface area (Å²) in [5.41, 5.74) is 0.616. The number of aliphatic hydroxyl groups excluding tert-OH is 1. The molecule has 0 aromatic heterocycles. The minimum atomic E-state index is -0.814. The first-order valence-corrected chi connectivity index (χ1v) is 7.92. The SMILES string of the molecule is CC(C)CN(CC(O)c1ccc(F)cc1)C(=O)NCC1CC1. The molecule has 0 aliphatic heterocycles. The fourth-order valence-electron chi connectivity index (χ4n) is 2.35. The van der Waals surface area contributed by atoms with Crippen LogP contribution < -0.4 is 5.32 Å². The Bertz CT molecular complexity index is 486. The number of urea groups is 1. The molecule has 1 saturated carbocycles. The Morgan fingerprint density at radius 1 is 1.32 bits per heavy atom. The summed E-state index contributed by atoms with van der Waals surface area (Å²) in [5, 5.41) is 13.2. The van der Waals surface area contributed by atoms with E-state index in [4.69, 9.17) is 0 Å². The second-order valence-corrected chi connectivity index (χ2v) is 6.50. The topological polar surface area (TPSA) is 52.6 Å². The van der Waals surface area contributed by atoms with Crippen LogP contribution in [0.1, 0.15) is 38.4 Å². The molecule has 0 bridgehead atoms. The minimum absolute atomic E-state index is 0.137. The van der Waals surface area contributed by atoms with Gasteiger partial charge in [-0.1, -0.05) is 26.0 Å². The standard InChI is InChI=1S/C17H25FN2O2/c1-12(2)10-20(17(22)19-9-13-3-4-13)11-16(21)14-5-7-15(18)8-6-14/h5-8,12-13,16,21H,3-4,9-11H2,1-2H3,(H,19,22). The Morgan fingerprint density at radius 2 is 1.95 bits per heavy atom. The van der Waals surface area contributed by atoms with Crippen LogP contribution in [0.2, 0.25) is 0 Å². The van der Waals surface area contributed by atoms with E-state index in [1.54, 1.807) is 17.0 Å². The molecule has 2 N–H and O–H groups in total. The molecule has 1 aliphatic rings. The third-order valence-corrected chi connectivity index (χ3v) is 3.76. The van der Waals surface area contributed by atoms with E-state index in [9.17, 15) is 14.3 Å². The minimum Gasteiger partial charge on any atom is -0.387 e. The fourth-order valence-corrected chi connectivity index (χ4v) is 2.35. The fraction of sp³-hybridized carbons (Fsp3) is 0.588. The first-order valence-electron chi connectivity index (χ1n) is 7.92. The van der Waals surface area contributed by atoms with E-state index in [1.165, 1.54) is 25.0 Å². The maximum atomic E-state index is 12.9. The molecule has 2 amide bonds. The number of nitrogens with zero attached hydrogens (tertiary/aromatic N) is 1. The molecule has 0 spiro atoms. The van der Waals surface area contributed by atoms with Crippen LogP contribution in [0.25, 0.3) is 0 Å². The van der Waals surface area contributed by atoms with Gasteiger partial charge in [0, 0.05) is 13.1 Å². The number of benzene rings is 1. The van der Waals surface area contributed by atoms with E-state index < -0.39 is 6.10 Å². The van der Waals surface area contributed by atoms with Crippen LogP contribution in [0.4, 0.5) is 9.18 Å². The van der Waals surface area contributed by atoms with Crippen molar-refractivity contribution in [3.05, 3.63) is 35.6 Å². The summed E-state index contributed by atoms with van der Waals surface area (Å²) < 4.78 is 12.9. The summed E-state index contributed by atoms with van der Waals surface area (Å²) in [6.07, 6.45) is 1.55. The van der Waals surface area contributed by atoms with Gasteiger partial charge in [0.15, 0.2) is 0 Å². The van der Waals surface area contributed by atoms with Crippen molar-refractivity contribution in [1.29, 1.82) is 0 Å². The second kappa shape index (κ2) is 7.58. The first-order chi connectivity index (χ1) is 10.5. The summed E-state index contributed by atoms with van der Waals surface area (Å²) in [6, 6.07) is 5.60. The predicted molar refractivity (Wildman–Crippen MR) is 83.9 cm³/mol. The van der Waals surface area contributed by atoms with Crippen LogP contribution in [-0.2, 0) is 0 Å². The Labute approximate surface area is 131 Å². The molecule has 4 nitrogen and oxygen atoms in total. The van der Waals surface area contributed by atoms with E-state index in [-0.39, 0.29) is 18.4 Å². The van der Waals surface area contributed by atoms with Gasteiger partial charge in [-0.2, -0.15) is 0 Å². The maximum absolute atomic E-state index is 12.9. The van der Waals surface area contributed by atoms with Crippen molar-refractivity contribution in [1.82, 2.24) is 10.2 Å². The molecular weight excluding hydrogens is 283 g/mol. The average Bonchev–Trinajstić information content (AvgIpc) is 3.28. The highest BCUT2D eigenvalue weighted by atomic mass is 19.1. The molecule has 2 rings (SSSR count). The zero-order valence-electron chi connectivity index (χ0n) is 13.3. The van der Waals surface area contributed by atoms with Crippen LogP contribution >= 0.6 is 0 Å². The first kappa shape index (κ1) is 16.7. The predicted octanol–water partition coefficient (Wildman–Crippen LogP) is 2.94. The monoisotopic (exact) mass is 308 g/mol. The van der Waals surface area contributed by atoms with Crippen molar-refractivity contribution in [2.75, 3.05) is 19.6 Å². The second-order valence-electron chi connectivity index (χ2n) is 6.50. The summed E-state index contributed by atoms with van der Waals surface area (Å²) in [4.78, 5) is 13.9. The van der Waals surface area contributed by atoms with E-state index >= 15 is 0 Å². The van der Waals surface area contributed by atoms with Crippen molar-refractivity contribution in [3.63, 3.8) is 0 Å². The quantitative estimate of drug-likeness (QED) is 0.814. The van der Waals surface area contributed by atoms with Crippen molar-refractivity contribution >= 4 is 6.03 Å². The number of rotatable bonds is 7. The van der Waals surface area contributed by atoms with E-state index in [2.05, 4.69) is 5.32 Å². The van der Waals surface area contributed by atoms with Crippen molar-refractivity contribution in [2.45, 2.75) is 32.8 Å². The highest BCUT2D eigenvalue weighted by Gasteiger charge is 2.24. The Morgan fingerprint density at radius 3 is 2.50 bits per heavy atom. The van der Waals surface area contributed by atoms with Crippen molar-refractivity contribution < 1.29 is 14.3 Å². The zero-order valence-corrected chi connectivity index (χ0v) is 13.3. The molecule has 0 heterocycles. The highest BCUT2D eigenvalue weighted by molar-refractivity contribution is 5.74. The number of hydrogen-bond donors (Lipinski definition) is 2. The number of carbonyl (C=O) groups excluding carboxylic acids is 1. The molecule has 1 fully saturated rings. The summed E-state index contributed by atoms with van der Waals surface area (Å²) in [6.45, 7) is 5.56. The number of carbonyl (C=O) groups is 1. The van der Waals surface area contributed by atoms with Crippen LogP contribution in [0.5, 0.6) is 0 Å². The van der Waals surface area contributed by atoms with Crippen LogP contribution in [0.15, 0.2) is 24.3 Å². The molecule has 5 heteroatoms.